The van der Waals surface area contributed by atoms with Gasteiger partial charge in [-0.1, -0.05) is 53.5 Å². The molecule has 0 N–H and O–H groups in total. The SMILES string of the molecule is CC(C)(C)OC(OC(=O)C(C)(C)C)C(Cl)(Cl)c1ccccc1. The van der Waals surface area contributed by atoms with Gasteiger partial charge in [0, 0.05) is 0 Å². The van der Waals surface area contributed by atoms with Crippen LogP contribution >= 0.6 is 23.2 Å². The Bertz CT molecular complexity index is 499. The molecule has 1 atom stereocenters. The molecule has 0 saturated heterocycles. The fourth-order valence-corrected chi connectivity index (χ4v) is 1.99. The zero-order chi connectivity index (χ0) is 17.2. The molecule has 0 aromatic heterocycles. The lowest BCUT2D eigenvalue weighted by Gasteiger charge is -2.36. The van der Waals surface area contributed by atoms with Gasteiger partial charge in [-0.2, -0.15) is 0 Å². The van der Waals surface area contributed by atoms with Gasteiger partial charge in [0.15, 0.2) is 0 Å². The summed E-state index contributed by atoms with van der Waals surface area (Å²) in [4.78, 5) is 12.2. The highest BCUT2D eigenvalue weighted by atomic mass is 35.5. The molecule has 0 aliphatic heterocycles. The first-order valence-corrected chi connectivity index (χ1v) is 7.92. The number of hydrogen-bond donors (Lipinski definition) is 0. The Morgan fingerprint density at radius 2 is 1.50 bits per heavy atom. The van der Waals surface area contributed by atoms with Crippen LogP contribution in [0.2, 0.25) is 0 Å². The third-order valence-corrected chi connectivity index (χ3v) is 3.53. The van der Waals surface area contributed by atoms with Crippen molar-refractivity contribution in [2.45, 2.75) is 57.8 Å². The number of alkyl halides is 2. The second kappa shape index (κ2) is 6.77. The number of halogens is 2. The standard InChI is InChI=1S/C17H24Cl2O3/c1-15(2,3)13(20)21-14(22-16(4,5)6)17(18,19)12-10-8-7-9-11-12/h7-11,14H,1-6H3. The lowest BCUT2D eigenvalue weighted by Crippen LogP contribution is -2.43. The molecular formula is C17H24Cl2O3. The van der Waals surface area contributed by atoms with Crippen LogP contribution in [-0.4, -0.2) is 17.9 Å². The Hall–Kier alpha value is -0.770. The molecule has 0 radical (unpaired) electrons. The van der Waals surface area contributed by atoms with Crippen LogP contribution in [-0.2, 0) is 18.6 Å². The van der Waals surface area contributed by atoms with Crippen molar-refractivity contribution in [2.75, 3.05) is 0 Å². The quantitative estimate of drug-likeness (QED) is 0.434. The monoisotopic (exact) mass is 346 g/mol. The van der Waals surface area contributed by atoms with Crippen molar-refractivity contribution in [3.05, 3.63) is 35.9 Å². The zero-order valence-corrected chi connectivity index (χ0v) is 15.5. The lowest BCUT2D eigenvalue weighted by atomic mass is 9.97. The number of carbonyl (C=O) groups excluding carboxylic acids is 1. The maximum atomic E-state index is 12.2. The van der Waals surface area contributed by atoms with Crippen LogP contribution in [0.3, 0.4) is 0 Å². The summed E-state index contributed by atoms with van der Waals surface area (Å²) in [5.41, 5.74) is -0.651. The largest absolute Gasteiger partial charge is 0.432 e. The third kappa shape index (κ3) is 5.45. The van der Waals surface area contributed by atoms with E-state index in [1.54, 1.807) is 32.9 Å². The minimum Gasteiger partial charge on any atom is -0.432 e. The van der Waals surface area contributed by atoms with Gasteiger partial charge in [0.05, 0.1) is 11.0 Å². The van der Waals surface area contributed by atoms with Crippen LogP contribution in [0.4, 0.5) is 0 Å². The smallest absolute Gasteiger partial charge is 0.313 e. The summed E-state index contributed by atoms with van der Waals surface area (Å²) in [5.74, 6) is -0.427. The van der Waals surface area contributed by atoms with E-state index in [9.17, 15) is 4.79 Å². The van der Waals surface area contributed by atoms with Crippen molar-refractivity contribution >= 4 is 29.2 Å². The molecule has 0 saturated carbocycles. The molecule has 0 spiro atoms. The van der Waals surface area contributed by atoms with Gasteiger partial charge in [0.1, 0.15) is 0 Å². The Morgan fingerprint density at radius 3 is 1.91 bits per heavy atom. The minimum atomic E-state index is -1.50. The second-order valence-corrected chi connectivity index (χ2v) is 8.59. The highest BCUT2D eigenvalue weighted by Crippen LogP contribution is 2.41. The Balaban J connectivity index is 3.12. The van der Waals surface area contributed by atoms with Crippen molar-refractivity contribution in [1.29, 1.82) is 0 Å². The molecule has 0 bridgehead atoms. The molecule has 5 heteroatoms. The van der Waals surface area contributed by atoms with Crippen LogP contribution in [0.15, 0.2) is 30.3 Å². The van der Waals surface area contributed by atoms with Crippen LogP contribution in [0, 0.1) is 5.41 Å². The minimum absolute atomic E-state index is 0.427. The van der Waals surface area contributed by atoms with Crippen molar-refractivity contribution < 1.29 is 14.3 Å². The summed E-state index contributed by atoms with van der Waals surface area (Å²) in [5, 5.41) is 0. The van der Waals surface area contributed by atoms with Gasteiger partial charge in [-0.25, -0.2) is 0 Å². The molecule has 1 rings (SSSR count). The number of rotatable bonds is 4. The van der Waals surface area contributed by atoms with Crippen molar-refractivity contribution in [2.24, 2.45) is 5.41 Å². The summed E-state index contributed by atoms with van der Waals surface area (Å²) in [6.45, 7) is 10.8. The highest BCUT2D eigenvalue weighted by Gasteiger charge is 2.44. The molecule has 1 aromatic carbocycles. The highest BCUT2D eigenvalue weighted by molar-refractivity contribution is 6.48. The molecule has 124 valence electrons. The van der Waals surface area contributed by atoms with Crippen LogP contribution < -0.4 is 0 Å². The number of ether oxygens (including phenoxy) is 2. The van der Waals surface area contributed by atoms with E-state index in [1.165, 1.54) is 0 Å². The van der Waals surface area contributed by atoms with Gasteiger partial charge in [0.25, 0.3) is 0 Å². The predicted octanol–water partition coefficient (Wildman–Crippen LogP) is 5.05. The van der Waals surface area contributed by atoms with Gasteiger partial charge < -0.3 is 9.47 Å². The number of benzene rings is 1. The van der Waals surface area contributed by atoms with Gasteiger partial charge >= 0.3 is 5.97 Å². The van der Waals surface area contributed by atoms with Crippen molar-refractivity contribution in [3.63, 3.8) is 0 Å². The average Bonchev–Trinajstić information content (AvgIpc) is 2.36. The first-order valence-electron chi connectivity index (χ1n) is 7.16. The van der Waals surface area contributed by atoms with E-state index >= 15 is 0 Å². The average molecular weight is 347 g/mol. The molecule has 1 aromatic rings. The molecule has 0 amide bonds. The molecule has 22 heavy (non-hydrogen) atoms. The van der Waals surface area contributed by atoms with Gasteiger partial charge in [-0.3, -0.25) is 4.79 Å². The van der Waals surface area contributed by atoms with Gasteiger partial charge in [0.2, 0.25) is 10.6 Å². The molecule has 0 aliphatic carbocycles. The summed E-state index contributed by atoms with van der Waals surface area (Å²) in [7, 11) is 0. The van der Waals surface area contributed by atoms with E-state index < -0.39 is 27.6 Å². The van der Waals surface area contributed by atoms with E-state index in [4.69, 9.17) is 32.7 Å². The maximum absolute atomic E-state index is 12.2. The normalized spacial score (nSPS) is 14.5. The Kier molecular flexibility index (Phi) is 5.94. The zero-order valence-electron chi connectivity index (χ0n) is 13.9. The second-order valence-electron chi connectivity index (χ2n) is 7.21. The summed E-state index contributed by atoms with van der Waals surface area (Å²) >= 11 is 13.0. The fraction of sp³-hybridized carbons (Fsp3) is 0.588. The lowest BCUT2D eigenvalue weighted by molar-refractivity contribution is -0.214. The predicted molar refractivity (Wildman–Crippen MR) is 90.0 cm³/mol. The third-order valence-electron chi connectivity index (χ3n) is 2.74. The Morgan fingerprint density at radius 1 is 1.00 bits per heavy atom. The van der Waals surface area contributed by atoms with Crippen molar-refractivity contribution in [3.8, 4) is 0 Å². The molecule has 0 fully saturated rings. The summed E-state index contributed by atoms with van der Waals surface area (Å²) in [6.07, 6.45) is -1.12. The van der Waals surface area contributed by atoms with E-state index in [1.807, 2.05) is 39.0 Å². The first kappa shape index (κ1) is 19.3. The molecular weight excluding hydrogens is 323 g/mol. The van der Waals surface area contributed by atoms with Gasteiger partial charge in [-0.05, 0) is 47.1 Å². The maximum Gasteiger partial charge on any atom is 0.313 e. The summed E-state index contributed by atoms with van der Waals surface area (Å²) < 4.78 is 9.80. The first-order chi connectivity index (χ1) is 9.84. The van der Waals surface area contributed by atoms with Crippen LogP contribution in [0.25, 0.3) is 0 Å². The van der Waals surface area contributed by atoms with E-state index in [0.29, 0.717) is 5.56 Å². The topological polar surface area (TPSA) is 35.5 Å². The fourth-order valence-electron chi connectivity index (χ4n) is 1.56. The number of carbonyl (C=O) groups is 1. The number of hydrogen-bond acceptors (Lipinski definition) is 3. The van der Waals surface area contributed by atoms with Gasteiger partial charge in [-0.15, -0.1) is 0 Å². The number of esters is 1. The summed E-state index contributed by atoms with van der Waals surface area (Å²) in [6, 6.07) is 9.02. The van der Waals surface area contributed by atoms with E-state index in [2.05, 4.69) is 0 Å². The molecule has 0 heterocycles. The van der Waals surface area contributed by atoms with Crippen LogP contribution in [0.5, 0.6) is 0 Å². The van der Waals surface area contributed by atoms with Crippen LogP contribution in [0.1, 0.15) is 47.1 Å². The molecule has 3 nitrogen and oxygen atoms in total. The Labute approximate surface area is 142 Å². The van der Waals surface area contributed by atoms with E-state index in [-0.39, 0.29) is 0 Å². The molecule has 0 aliphatic rings. The molecule has 1 unspecified atom stereocenters. The van der Waals surface area contributed by atoms with Crippen molar-refractivity contribution in [1.82, 2.24) is 0 Å². The van der Waals surface area contributed by atoms with E-state index in [0.717, 1.165) is 0 Å².